The fraction of sp³-hybridized carbons (Fsp3) is 0.348. The molecule has 2 aromatic rings. The molecule has 6 heteroatoms. The molecule has 1 fully saturated rings. The molecule has 0 spiro atoms. The minimum Gasteiger partial charge on any atom is -0.489 e. The Hall–Kier alpha value is -2.99. The highest BCUT2D eigenvalue weighted by Gasteiger charge is 2.11. The molecule has 0 bridgehead atoms. The zero-order valence-electron chi connectivity index (χ0n) is 17.0. The molecule has 1 aliphatic rings. The Morgan fingerprint density at radius 2 is 1.93 bits per heavy atom. The van der Waals surface area contributed by atoms with Crippen molar-refractivity contribution in [3.8, 4) is 11.5 Å². The topological polar surface area (TPSA) is 52.5 Å². The summed E-state index contributed by atoms with van der Waals surface area (Å²) in [5, 5.41) is 4.12. The molecule has 0 aromatic heterocycles. The summed E-state index contributed by atoms with van der Waals surface area (Å²) in [6, 6.07) is 15.5. The maximum Gasteiger partial charge on any atom is 0.185 e. The van der Waals surface area contributed by atoms with Crippen molar-refractivity contribution in [2.75, 3.05) is 32.3 Å². The average molecular weight is 396 g/mol. The zero-order valence-corrected chi connectivity index (χ0v) is 17.0. The number of anilines is 1. The van der Waals surface area contributed by atoms with Crippen molar-refractivity contribution in [1.82, 2.24) is 0 Å². The normalized spacial score (nSPS) is 14.6. The lowest BCUT2D eigenvalue weighted by Gasteiger charge is -2.20. The molecule has 0 atom stereocenters. The van der Waals surface area contributed by atoms with Crippen LogP contribution in [0.15, 0.2) is 66.1 Å². The number of nitrogens with zero attached hydrogens (tertiary/aromatic N) is 2. The molecule has 0 unspecified atom stereocenters. The number of hydrogen-bond acceptors (Lipinski definition) is 6. The summed E-state index contributed by atoms with van der Waals surface area (Å²) >= 11 is 0. The van der Waals surface area contributed by atoms with Gasteiger partial charge < -0.3 is 23.9 Å². The second kappa shape index (κ2) is 10.5. The monoisotopic (exact) mass is 396 g/mol. The summed E-state index contributed by atoms with van der Waals surface area (Å²) in [5.74, 6) is 2.37. The molecule has 0 aliphatic carbocycles. The van der Waals surface area contributed by atoms with Gasteiger partial charge in [0.25, 0.3) is 0 Å². The maximum atomic E-state index is 5.93. The van der Waals surface area contributed by atoms with Gasteiger partial charge >= 0.3 is 0 Å². The van der Waals surface area contributed by atoms with Crippen LogP contribution in [0.2, 0.25) is 0 Å². The molecule has 1 aliphatic heterocycles. The summed E-state index contributed by atoms with van der Waals surface area (Å²) < 4.78 is 16.5. The minimum absolute atomic E-state index is 0.419. The predicted octanol–water partition coefficient (Wildman–Crippen LogP) is 4.61. The van der Waals surface area contributed by atoms with Gasteiger partial charge in [0.05, 0.1) is 7.11 Å². The van der Waals surface area contributed by atoms with Gasteiger partial charge in [-0.15, -0.1) is 0 Å². The Morgan fingerprint density at radius 1 is 1.17 bits per heavy atom. The molecule has 2 aromatic carbocycles. The van der Waals surface area contributed by atoms with Gasteiger partial charge in [-0.1, -0.05) is 23.4 Å². The van der Waals surface area contributed by atoms with Crippen molar-refractivity contribution in [2.24, 2.45) is 11.1 Å². The first-order chi connectivity index (χ1) is 14.2. The average Bonchev–Trinajstić information content (AvgIpc) is 2.78. The van der Waals surface area contributed by atoms with Gasteiger partial charge in [-0.05, 0) is 49.2 Å². The van der Waals surface area contributed by atoms with Gasteiger partial charge in [0.1, 0.15) is 12.4 Å². The molecule has 0 amide bonds. The molecule has 154 valence electrons. The van der Waals surface area contributed by atoms with Crippen LogP contribution in [-0.4, -0.2) is 33.6 Å². The van der Waals surface area contributed by atoms with E-state index < -0.39 is 0 Å². The number of benzene rings is 2. The zero-order chi connectivity index (χ0) is 20.5. The Bertz CT molecular complexity index is 831. The summed E-state index contributed by atoms with van der Waals surface area (Å²) in [6.07, 6.45) is 3.84. The van der Waals surface area contributed by atoms with Gasteiger partial charge in [0, 0.05) is 44.1 Å². The van der Waals surface area contributed by atoms with Crippen molar-refractivity contribution in [1.29, 1.82) is 0 Å². The van der Waals surface area contributed by atoms with E-state index in [4.69, 9.17) is 19.0 Å². The molecular weight excluding hydrogens is 368 g/mol. The third-order valence-corrected chi connectivity index (χ3v) is 4.81. The minimum atomic E-state index is 0.419. The summed E-state index contributed by atoms with van der Waals surface area (Å²) in [6.45, 7) is 5.89. The van der Waals surface area contributed by atoms with Crippen LogP contribution in [0.5, 0.6) is 11.5 Å². The van der Waals surface area contributed by atoms with E-state index in [2.05, 4.69) is 11.7 Å². The highest BCUT2D eigenvalue weighted by Crippen LogP contribution is 2.23. The SMILES string of the molecule is C=C(OC)N(C)c1cccc(COc2cccc(O/N=C\C3CCOCC3)c2)c1. The van der Waals surface area contributed by atoms with Crippen LogP contribution in [0.25, 0.3) is 0 Å². The first kappa shape index (κ1) is 20.7. The molecule has 0 saturated carbocycles. The van der Waals surface area contributed by atoms with Crippen molar-refractivity contribution >= 4 is 11.9 Å². The number of rotatable bonds is 9. The highest BCUT2D eigenvalue weighted by molar-refractivity contribution is 5.60. The van der Waals surface area contributed by atoms with E-state index in [1.807, 2.05) is 66.7 Å². The standard InChI is InChI=1S/C23H28N2O4/c1-18(26-3)25(2)21-7-4-6-20(14-21)17-28-22-8-5-9-23(15-22)29-24-16-19-10-12-27-13-11-19/h4-9,14-16,19H,1,10-13,17H2,2-3H3/b24-16-. The quantitative estimate of drug-likeness (QED) is 0.352. The third kappa shape index (κ3) is 6.26. The maximum absolute atomic E-state index is 5.93. The number of methoxy groups -OCH3 is 1. The summed E-state index contributed by atoms with van der Waals surface area (Å²) in [4.78, 5) is 7.39. The Balaban J connectivity index is 1.55. The van der Waals surface area contributed by atoms with E-state index >= 15 is 0 Å². The first-order valence-electron chi connectivity index (χ1n) is 9.72. The van der Waals surface area contributed by atoms with E-state index in [9.17, 15) is 0 Å². The van der Waals surface area contributed by atoms with Crippen molar-refractivity contribution < 1.29 is 19.0 Å². The van der Waals surface area contributed by atoms with E-state index in [-0.39, 0.29) is 0 Å². The molecule has 6 nitrogen and oxygen atoms in total. The number of oxime groups is 1. The highest BCUT2D eigenvalue weighted by atomic mass is 16.6. The smallest absolute Gasteiger partial charge is 0.185 e. The van der Waals surface area contributed by atoms with Crippen molar-refractivity contribution in [2.45, 2.75) is 19.4 Å². The van der Waals surface area contributed by atoms with Crippen LogP contribution in [0.3, 0.4) is 0 Å². The Labute approximate surface area is 172 Å². The molecular formula is C23H28N2O4. The van der Waals surface area contributed by atoms with E-state index in [0.29, 0.717) is 24.2 Å². The van der Waals surface area contributed by atoms with Gasteiger partial charge in [0.15, 0.2) is 11.6 Å². The van der Waals surface area contributed by atoms with E-state index in [0.717, 1.165) is 43.1 Å². The van der Waals surface area contributed by atoms with Gasteiger partial charge in [-0.3, -0.25) is 0 Å². The van der Waals surface area contributed by atoms with Crippen LogP contribution < -0.4 is 14.5 Å². The fourth-order valence-corrected chi connectivity index (χ4v) is 2.97. The second-order valence-corrected chi connectivity index (χ2v) is 6.89. The second-order valence-electron chi connectivity index (χ2n) is 6.89. The summed E-state index contributed by atoms with van der Waals surface area (Å²) in [5.41, 5.74) is 2.03. The fourth-order valence-electron chi connectivity index (χ4n) is 2.97. The molecule has 0 N–H and O–H groups in total. The molecule has 29 heavy (non-hydrogen) atoms. The van der Waals surface area contributed by atoms with Crippen LogP contribution >= 0.6 is 0 Å². The van der Waals surface area contributed by atoms with Crippen molar-refractivity contribution in [3.63, 3.8) is 0 Å². The molecule has 1 heterocycles. The number of ether oxygens (including phenoxy) is 3. The van der Waals surface area contributed by atoms with Gasteiger partial charge in [-0.25, -0.2) is 0 Å². The lowest BCUT2D eigenvalue weighted by atomic mass is 10.0. The molecule has 1 saturated heterocycles. The third-order valence-electron chi connectivity index (χ3n) is 4.81. The Kier molecular flexibility index (Phi) is 7.53. The van der Waals surface area contributed by atoms with Gasteiger partial charge in [-0.2, -0.15) is 0 Å². The van der Waals surface area contributed by atoms with Crippen LogP contribution in [0.4, 0.5) is 5.69 Å². The lowest BCUT2D eigenvalue weighted by Crippen LogP contribution is -2.16. The largest absolute Gasteiger partial charge is 0.489 e. The summed E-state index contributed by atoms with van der Waals surface area (Å²) in [7, 11) is 3.52. The molecule has 3 rings (SSSR count). The van der Waals surface area contributed by atoms with Crippen LogP contribution in [0, 0.1) is 5.92 Å². The van der Waals surface area contributed by atoms with Crippen molar-refractivity contribution in [3.05, 3.63) is 66.6 Å². The lowest BCUT2D eigenvalue weighted by molar-refractivity contribution is 0.0833. The van der Waals surface area contributed by atoms with Crippen LogP contribution in [-0.2, 0) is 16.1 Å². The van der Waals surface area contributed by atoms with Gasteiger partial charge in [0.2, 0.25) is 0 Å². The predicted molar refractivity (Wildman–Crippen MR) is 114 cm³/mol. The van der Waals surface area contributed by atoms with E-state index in [1.165, 1.54) is 0 Å². The number of hydrogen-bond donors (Lipinski definition) is 0. The molecule has 0 radical (unpaired) electrons. The first-order valence-corrected chi connectivity index (χ1v) is 9.72. The Morgan fingerprint density at radius 3 is 2.72 bits per heavy atom. The van der Waals surface area contributed by atoms with E-state index in [1.54, 1.807) is 7.11 Å². The van der Waals surface area contributed by atoms with Crippen LogP contribution in [0.1, 0.15) is 18.4 Å².